The van der Waals surface area contributed by atoms with Crippen molar-refractivity contribution in [3.63, 3.8) is 0 Å². The summed E-state index contributed by atoms with van der Waals surface area (Å²) in [6.45, 7) is 6.55. The molecule has 33 heavy (non-hydrogen) atoms. The number of aromatic nitrogens is 1. The summed E-state index contributed by atoms with van der Waals surface area (Å²) >= 11 is 0. The van der Waals surface area contributed by atoms with Gasteiger partial charge in [0.15, 0.2) is 11.5 Å². The molecule has 0 unspecified atom stereocenters. The Morgan fingerprint density at radius 1 is 1.03 bits per heavy atom. The topological polar surface area (TPSA) is 80.0 Å². The van der Waals surface area contributed by atoms with E-state index in [1.807, 2.05) is 6.92 Å². The van der Waals surface area contributed by atoms with Crippen molar-refractivity contribution in [1.29, 1.82) is 0 Å². The predicted molar refractivity (Wildman–Crippen MR) is 120 cm³/mol. The molecule has 3 aromatic rings. The Morgan fingerprint density at radius 2 is 1.79 bits per heavy atom. The van der Waals surface area contributed by atoms with Crippen LogP contribution in [0.2, 0.25) is 0 Å². The average Bonchev–Trinajstić information content (AvgIpc) is 3.13. The summed E-state index contributed by atoms with van der Waals surface area (Å²) in [7, 11) is 0. The number of halogens is 1. The average molecular weight is 455 g/mol. The molecule has 0 amide bonds. The number of nitrogens with zero attached hydrogens (tertiary/aromatic N) is 1. The summed E-state index contributed by atoms with van der Waals surface area (Å²) in [5, 5.41) is 3.84. The minimum Gasteiger partial charge on any atom is -0.490 e. The maximum atomic E-state index is 12.9. The first-order valence-electron chi connectivity index (χ1n) is 10.5. The van der Waals surface area contributed by atoms with Crippen molar-refractivity contribution >= 4 is 12.0 Å². The van der Waals surface area contributed by atoms with Crippen LogP contribution in [-0.2, 0) is 16.1 Å². The molecule has 0 bridgehead atoms. The number of ether oxygens (including phenoxy) is 4. The highest BCUT2D eigenvalue weighted by Crippen LogP contribution is 2.29. The highest BCUT2D eigenvalue weighted by Gasteiger charge is 2.11. The second kappa shape index (κ2) is 11.7. The molecule has 174 valence electrons. The SMILES string of the molecule is CCOc1cc(C=CC(=O)OCc2c(C)noc2C)ccc1OCCOc1ccc(F)cc1. The van der Waals surface area contributed by atoms with E-state index in [1.165, 1.54) is 18.2 Å². The highest BCUT2D eigenvalue weighted by molar-refractivity contribution is 5.87. The van der Waals surface area contributed by atoms with Gasteiger partial charge in [0.05, 0.1) is 17.9 Å². The van der Waals surface area contributed by atoms with Crippen LogP contribution < -0.4 is 14.2 Å². The van der Waals surface area contributed by atoms with Crippen molar-refractivity contribution in [2.75, 3.05) is 19.8 Å². The summed E-state index contributed by atoms with van der Waals surface area (Å²) in [4.78, 5) is 12.1. The molecule has 2 aromatic carbocycles. The monoisotopic (exact) mass is 455 g/mol. The Kier molecular flexibility index (Phi) is 8.46. The number of esters is 1. The van der Waals surface area contributed by atoms with Crippen LogP contribution in [0.4, 0.5) is 4.39 Å². The number of rotatable bonds is 11. The standard InChI is InChI=1S/C25H26FNO6/c1-4-29-24-15-19(6-12-25(28)32-16-22-17(2)27-33-18(22)3)5-11-23(24)31-14-13-30-21-9-7-20(26)8-10-21/h5-12,15H,4,13-14,16H2,1-3H3. The van der Waals surface area contributed by atoms with Gasteiger partial charge in [0.1, 0.15) is 37.1 Å². The first-order chi connectivity index (χ1) is 16.0. The molecular formula is C25H26FNO6. The molecule has 3 rings (SSSR count). The zero-order chi connectivity index (χ0) is 23.6. The van der Waals surface area contributed by atoms with Crippen molar-refractivity contribution in [1.82, 2.24) is 5.16 Å². The molecule has 1 heterocycles. The zero-order valence-electron chi connectivity index (χ0n) is 18.8. The summed E-state index contributed by atoms with van der Waals surface area (Å²) in [6.07, 6.45) is 2.99. The van der Waals surface area contributed by atoms with E-state index in [0.29, 0.717) is 35.3 Å². The molecule has 0 saturated carbocycles. The van der Waals surface area contributed by atoms with Crippen molar-refractivity contribution in [3.05, 3.63) is 76.9 Å². The Bertz CT molecular complexity index is 1070. The lowest BCUT2D eigenvalue weighted by atomic mass is 10.2. The van der Waals surface area contributed by atoms with Crippen molar-refractivity contribution < 1.29 is 32.7 Å². The van der Waals surface area contributed by atoms with Gasteiger partial charge in [-0.3, -0.25) is 0 Å². The lowest BCUT2D eigenvalue weighted by Gasteiger charge is -2.13. The minimum absolute atomic E-state index is 0.0985. The largest absolute Gasteiger partial charge is 0.490 e. The number of benzene rings is 2. The van der Waals surface area contributed by atoms with Crippen molar-refractivity contribution in [2.24, 2.45) is 0 Å². The number of hydrogen-bond donors (Lipinski definition) is 0. The molecule has 0 saturated heterocycles. The van der Waals surface area contributed by atoms with Gasteiger partial charge in [0, 0.05) is 6.08 Å². The lowest BCUT2D eigenvalue weighted by Crippen LogP contribution is -2.10. The van der Waals surface area contributed by atoms with E-state index >= 15 is 0 Å². The van der Waals surface area contributed by atoms with Crippen LogP contribution in [0.1, 0.15) is 29.5 Å². The second-order valence-corrected chi connectivity index (χ2v) is 7.03. The normalized spacial score (nSPS) is 10.9. The Morgan fingerprint density at radius 3 is 2.48 bits per heavy atom. The number of aryl methyl sites for hydroxylation is 2. The fourth-order valence-electron chi connectivity index (χ4n) is 2.92. The van der Waals surface area contributed by atoms with Gasteiger partial charge >= 0.3 is 5.97 Å². The van der Waals surface area contributed by atoms with Crippen molar-refractivity contribution in [2.45, 2.75) is 27.4 Å². The van der Waals surface area contributed by atoms with E-state index < -0.39 is 5.97 Å². The minimum atomic E-state index is -0.480. The summed E-state index contributed by atoms with van der Waals surface area (Å²) in [5.74, 6) is 1.49. The van der Waals surface area contributed by atoms with Gasteiger partial charge in [-0.05, 0) is 68.8 Å². The van der Waals surface area contributed by atoms with Crippen LogP contribution in [0, 0.1) is 19.7 Å². The molecule has 7 nitrogen and oxygen atoms in total. The lowest BCUT2D eigenvalue weighted by molar-refractivity contribution is -0.138. The van der Waals surface area contributed by atoms with Crippen LogP contribution in [-0.4, -0.2) is 30.9 Å². The van der Waals surface area contributed by atoms with E-state index in [2.05, 4.69) is 5.16 Å². The van der Waals surface area contributed by atoms with E-state index in [-0.39, 0.29) is 25.6 Å². The number of hydrogen-bond acceptors (Lipinski definition) is 7. The molecule has 0 radical (unpaired) electrons. The van der Waals surface area contributed by atoms with E-state index in [1.54, 1.807) is 50.3 Å². The van der Waals surface area contributed by atoms with Crippen LogP contribution >= 0.6 is 0 Å². The fraction of sp³-hybridized carbons (Fsp3) is 0.280. The van der Waals surface area contributed by atoms with Crippen LogP contribution in [0.25, 0.3) is 6.08 Å². The second-order valence-electron chi connectivity index (χ2n) is 7.03. The van der Waals surface area contributed by atoms with Gasteiger partial charge in [-0.1, -0.05) is 11.2 Å². The molecule has 0 atom stereocenters. The Labute approximate surface area is 191 Å². The number of carbonyl (C=O) groups is 1. The third-order valence-corrected chi connectivity index (χ3v) is 4.64. The smallest absolute Gasteiger partial charge is 0.331 e. The van der Waals surface area contributed by atoms with Gasteiger partial charge in [0.2, 0.25) is 0 Å². The summed E-state index contributed by atoms with van der Waals surface area (Å²) < 4.78 is 40.2. The van der Waals surface area contributed by atoms with Crippen LogP contribution in [0.3, 0.4) is 0 Å². The summed E-state index contributed by atoms with van der Waals surface area (Å²) in [5.41, 5.74) is 2.22. The third kappa shape index (κ3) is 7.10. The molecule has 0 fully saturated rings. The molecule has 0 aliphatic rings. The van der Waals surface area contributed by atoms with Crippen LogP contribution in [0.15, 0.2) is 53.1 Å². The van der Waals surface area contributed by atoms with Gasteiger partial charge < -0.3 is 23.5 Å². The first kappa shape index (κ1) is 23.8. The van der Waals surface area contributed by atoms with Crippen LogP contribution in [0.5, 0.6) is 17.2 Å². The Hall–Kier alpha value is -3.81. The van der Waals surface area contributed by atoms with E-state index in [4.69, 9.17) is 23.5 Å². The Balaban J connectivity index is 1.53. The molecule has 1 aromatic heterocycles. The van der Waals surface area contributed by atoms with Gasteiger partial charge in [-0.15, -0.1) is 0 Å². The zero-order valence-corrected chi connectivity index (χ0v) is 18.8. The van der Waals surface area contributed by atoms with Gasteiger partial charge in [-0.25, -0.2) is 9.18 Å². The molecule has 0 aliphatic carbocycles. The maximum absolute atomic E-state index is 12.9. The van der Waals surface area contributed by atoms with Gasteiger partial charge in [0.25, 0.3) is 0 Å². The molecule has 0 spiro atoms. The molecule has 0 aliphatic heterocycles. The summed E-state index contributed by atoms with van der Waals surface area (Å²) in [6, 6.07) is 11.1. The molecular weight excluding hydrogens is 429 g/mol. The van der Waals surface area contributed by atoms with E-state index in [9.17, 15) is 9.18 Å². The quantitative estimate of drug-likeness (QED) is 0.228. The van der Waals surface area contributed by atoms with E-state index in [0.717, 1.165) is 11.1 Å². The third-order valence-electron chi connectivity index (χ3n) is 4.64. The first-order valence-corrected chi connectivity index (χ1v) is 10.5. The highest BCUT2D eigenvalue weighted by atomic mass is 19.1. The molecule has 8 heteroatoms. The fourth-order valence-corrected chi connectivity index (χ4v) is 2.92. The van der Waals surface area contributed by atoms with Gasteiger partial charge in [-0.2, -0.15) is 0 Å². The maximum Gasteiger partial charge on any atom is 0.331 e. The van der Waals surface area contributed by atoms with Crippen molar-refractivity contribution in [3.8, 4) is 17.2 Å². The number of carbonyl (C=O) groups excluding carboxylic acids is 1. The predicted octanol–water partition coefficient (Wildman–Crippen LogP) is 5.04. The molecule has 0 N–H and O–H groups in total.